The van der Waals surface area contributed by atoms with Gasteiger partial charge in [-0.25, -0.2) is 4.98 Å². The fourth-order valence-electron chi connectivity index (χ4n) is 4.25. The summed E-state index contributed by atoms with van der Waals surface area (Å²) in [7, 11) is 0. The number of imidazole rings is 1. The number of benzene rings is 3. The van der Waals surface area contributed by atoms with Crippen molar-refractivity contribution in [3.05, 3.63) is 89.2 Å². The fourth-order valence-corrected chi connectivity index (χ4v) is 4.25. The molecule has 0 amide bonds. The summed E-state index contributed by atoms with van der Waals surface area (Å²) in [4.78, 5) is 4.87. The molecule has 4 aromatic rings. The molecule has 1 atom stereocenters. The van der Waals surface area contributed by atoms with Gasteiger partial charge in [-0.3, -0.25) is 0 Å². The second-order valence-corrected chi connectivity index (χ2v) is 9.38. The van der Waals surface area contributed by atoms with Crippen molar-refractivity contribution in [2.24, 2.45) is 0 Å². The maximum atomic E-state index is 6.32. The number of para-hydroxylation sites is 2. The predicted octanol–water partition coefficient (Wildman–Crippen LogP) is 7.64. The first kappa shape index (κ1) is 23.9. The van der Waals surface area contributed by atoms with E-state index in [1.54, 1.807) is 0 Å². The molecule has 178 valence electrons. The van der Waals surface area contributed by atoms with Crippen molar-refractivity contribution in [3.8, 4) is 11.5 Å². The first-order valence-electron chi connectivity index (χ1n) is 12.4. The highest BCUT2D eigenvalue weighted by Gasteiger charge is 2.14. The fraction of sp³-hybridized carbons (Fsp3) is 0.367. The summed E-state index contributed by atoms with van der Waals surface area (Å²) in [6, 6.07) is 23.2. The summed E-state index contributed by atoms with van der Waals surface area (Å²) in [6.45, 7) is 12.6. The molecule has 4 nitrogen and oxygen atoms in total. The first-order valence-corrected chi connectivity index (χ1v) is 12.4. The Morgan fingerprint density at radius 3 is 2.41 bits per heavy atom. The van der Waals surface area contributed by atoms with Gasteiger partial charge < -0.3 is 14.0 Å². The van der Waals surface area contributed by atoms with Crippen molar-refractivity contribution in [1.29, 1.82) is 0 Å². The van der Waals surface area contributed by atoms with Gasteiger partial charge >= 0.3 is 0 Å². The zero-order valence-electron chi connectivity index (χ0n) is 21.0. The standard InChI is InChI=1S/C30H36N2O2/c1-6-23(5)24-12-14-25(15-13-24)33-18-17-32-28-10-8-7-9-27(28)31-30(32)20-34-29-19-22(4)11-16-26(29)21(2)3/h7-16,19,21,23H,6,17-18,20H2,1-5H3. The summed E-state index contributed by atoms with van der Waals surface area (Å²) in [6.07, 6.45) is 1.14. The maximum Gasteiger partial charge on any atom is 0.148 e. The molecule has 4 heteroatoms. The second-order valence-electron chi connectivity index (χ2n) is 9.38. The molecular formula is C30H36N2O2. The van der Waals surface area contributed by atoms with Gasteiger partial charge in [0, 0.05) is 0 Å². The lowest BCUT2D eigenvalue weighted by molar-refractivity contribution is 0.270. The minimum Gasteiger partial charge on any atom is -0.492 e. The molecule has 3 aromatic carbocycles. The van der Waals surface area contributed by atoms with Crippen LogP contribution in [-0.2, 0) is 13.2 Å². The number of aromatic nitrogens is 2. The van der Waals surface area contributed by atoms with Crippen molar-refractivity contribution >= 4 is 11.0 Å². The first-order chi connectivity index (χ1) is 16.5. The quantitative estimate of drug-likeness (QED) is 0.246. The number of nitrogens with zero attached hydrogens (tertiary/aromatic N) is 2. The average Bonchev–Trinajstić information content (AvgIpc) is 3.20. The van der Waals surface area contributed by atoms with E-state index in [1.165, 1.54) is 16.7 Å². The zero-order valence-corrected chi connectivity index (χ0v) is 21.0. The highest BCUT2D eigenvalue weighted by Crippen LogP contribution is 2.29. The van der Waals surface area contributed by atoms with Crippen molar-refractivity contribution in [3.63, 3.8) is 0 Å². The van der Waals surface area contributed by atoms with Gasteiger partial charge in [0.05, 0.1) is 17.6 Å². The van der Waals surface area contributed by atoms with Gasteiger partial charge in [0.25, 0.3) is 0 Å². The molecule has 0 aliphatic rings. The van der Waals surface area contributed by atoms with Gasteiger partial charge in [-0.1, -0.05) is 64.1 Å². The van der Waals surface area contributed by atoms with Crippen molar-refractivity contribution in [2.75, 3.05) is 6.61 Å². The Kier molecular flexibility index (Phi) is 7.56. The lowest BCUT2D eigenvalue weighted by Gasteiger charge is -2.16. The number of hydrogen-bond acceptors (Lipinski definition) is 3. The van der Waals surface area contributed by atoms with E-state index in [-0.39, 0.29) is 0 Å². The lowest BCUT2D eigenvalue weighted by atomic mass is 9.99. The van der Waals surface area contributed by atoms with E-state index in [0.717, 1.165) is 34.8 Å². The van der Waals surface area contributed by atoms with Crippen molar-refractivity contribution < 1.29 is 9.47 Å². The van der Waals surface area contributed by atoms with Gasteiger partial charge in [-0.05, 0) is 72.2 Å². The summed E-state index contributed by atoms with van der Waals surface area (Å²) in [5, 5.41) is 0. The molecule has 1 aromatic heterocycles. The summed E-state index contributed by atoms with van der Waals surface area (Å²) >= 11 is 0. The Bertz CT molecular complexity index is 1220. The molecular weight excluding hydrogens is 420 g/mol. The van der Waals surface area contributed by atoms with Gasteiger partial charge in [-0.15, -0.1) is 0 Å². The Balaban J connectivity index is 1.49. The highest BCUT2D eigenvalue weighted by molar-refractivity contribution is 5.75. The molecule has 0 spiro atoms. The van der Waals surface area contributed by atoms with Gasteiger partial charge in [0.15, 0.2) is 0 Å². The molecule has 0 aliphatic heterocycles. The highest BCUT2D eigenvalue weighted by atomic mass is 16.5. The van der Waals surface area contributed by atoms with Crippen LogP contribution in [0.25, 0.3) is 11.0 Å². The Morgan fingerprint density at radius 2 is 1.68 bits per heavy atom. The van der Waals surface area contributed by atoms with E-state index in [0.29, 0.717) is 31.6 Å². The number of hydrogen-bond donors (Lipinski definition) is 0. The molecule has 1 unspecified atom stereocenters. The normalized spacial score (nSPS) is 12.3. The van der Waals surface area contributed by atoms with E-state index >= 15 is 0 Å². The molecule has 1 heterocycles. The molecule has 0 saturated carbocycles. The predicted molar refractivity (Wildman–Crippen MR) is 140 cm³/mol. The third-order valence-electron chi connectivity index (χ3n) is 6.53. The Morgan fingerprint density at radius 1 is 0.912 bits per heavy atom. The molecule has 0 bridgehead atoms. The molecule has 0 fully saturated rings. The lowest BCUT2D eigenvalue weighted by Crippen LogP contribution is -2.13. The van der Waals surface area contributed by atoms with E-state index in [9.17, 15) is 0 Å². The number of aryl methyl sites for hydroxylation is 1. The van der Waals surface area contributed by atoms with Crippen molar-refractivity contribution in [1.82, 2.24) is 9.55 Å². The molecule has 0 saturated heterocycles. The molecule has 0 radical (unpaired) electrons. The minimum absolute atomic E-state index is 0.398. The smallest absolute Gasteiger partial charge is 0.148 e. The van der Waals surface area contributed by atoms with E-state index < -0.39 is 0 Å². The van der Waals surface area contributed by atoms with E-state index in [2.05, 4.69) is 99.8 Å². The molecule has 0 N–H and O–H groups in total. The van der Waals surface area contributed by atoms with Crippen LogP contribution in [0.3, 0.4) is 0 Å². The van der Waals surface area contributed by atoms with Crippen LogP contribution in [-0.4, -0.2) is 16.2 Å². The third kappa shape index (κ3) is 5.44. The minimum atomic E-state index is 0.398. The van der Waals surface area contributed by atoms with Crippen LogP contribution in [0.4, 0.5) is 0 Å². The molecule has 34 heavy (non-hydrogen) atoms. The number of fused-ring (bicyclic) bond motifs is 1. The van der Waals surface area contributed by atoms with Crippen LogP contribution in [0.15, 0.2) is 66.7 Å². The van der Waals surface area contributed by atoms with Crippen LogP contribution < -0.4 is 9.47 Å². The van der Waals surface area contributed by atoms with E-state index in [4.69, 9.17) is 14.5 Å². The number of rotatable bonds is 10. The summed E-state index contributed by atoms with van der Waals surface area (Å²) < 4.78 is 14.6. The SMILES string of the molecule is CCC(C)c1ccc(OCCn2c(COc3cc(C)ccc3C(C)C)nc3ccccc32)cc1. The zero-order chi connectivity index (χ0) is 24.1. The summed E-state index contributed by atoms with van der Waals surface area (Å²) in [5.41, 5.74) is 5.85. The van der Waals surface area contributed by atoms with Gasteiger partial charge in [-0.2, -0.15) is 0 Å². The maximum absolute atomic E-state index is 6.32. The number of ether oxygens (including phenoxy) is 2. The van der Waals surface area contributed by atoms with Crippen LogP contribution in [0, 0.1) is 6.92 Å². The van der Waals surface area contributed by atoms with Crippen LogP contribution in [0.2, 0.25) is 0 Å². The largest absolute Gasteiger partial charge is 0.492 e. The van der Waals surface area contributed by atoms with Crippen LogP contribution >= 0.6 is 0 Å². The van der Waals surface area contributed by atoms with E-state index in [1.807, 2.05) is 6.07 Å². The third-order valence-corrected chi connectivity index (χ3v) is 6.53. The Labute approximate surface area is 203 Å². The second kappa shape index (κ2) is 10.8. The van der Waals surface area contributed by atoms with Crippen molar-refractivity contribution in [2.45, 2.75) is 66.0 Å². The van der Waals surface area contributed by atoms with Crippen LogP contribution in [0.5, 0.6) is 11.5 Å². The topological polar surface area (TPSA) is 36.3 Å². The van der Waals surface area contributed by atoms with Crippen LogP contribution in [0.1, 0.15) is 68.5 Å². The average molecular weight is 457 g/mol. The molecule has 0 aliphatic carbocycles. The van der Waals surface area contributed by atoms with Gasteiger partial charge in [0.1, 0.15) is 30.5 Å². The Hall–Kier alpha value is -3.27. The monoisotopic (exact) mass is 456 g/mol. The summed E-state index contributed by atoms with van der Waals surface area (Å²) in [5.74, 6) is 3.71. The van der Waals surface area contributed by atoms with Gasteiger partial charge in [0.2, 0.25) is 0 Å². The molecule has 4 rings (SSSR count).